The van der Waals surface area contributed by atoms with E-state index in [1.54, 1.807) is 7.11 Å². The molecule has 1 atom stereocenters. The number of imide groups is 1. The maximum absolute atomic E-state index is 13.7. The second kappa shape index (κ2) is 8.45. The number of hydrogen-bond acceptors (Lipinski definition) is 4. The Hall–Kier alpha value is -3.08. The smallest absolute Gasteiger partial charge is 0.282 e. The van der Waals surface area contributed by atoms with Crippen LogP contribution in [0.5, 0.6) is 5.75 Å². The zero-order valence-corrected chi connectivity index (χ0v) is 19.6. The molecule has 2 amide bonds. The first-order valence-electron chi connectivity index (χ1n) is 11.3. The molecule has 2 aliphatic rings. The van der Waals surface area contributed by atoms with Crippen LogP contribution in [-0.4, -0.2) is 36.9 Å². The van der Waals surface area contributed by atoms with Gasteiger partial charge < -0.3 is 9.64 Å². The van der Waals surface area contributed by atoms with Crippen molar-refractivity contribution in [1.82, 2.24) is 4.90 Å². The van der Waals surface area contributed by atoms with Crippen molar-refractivity contribution in [3.05, 3.63) is 65.4 Å². The molecule has 0 radical (unpaired) electrons. The summed E-state index contributed by atoms with van der Waals surface area (Å²) in [5.74, 6) is 0.695. The van der Waals surface area contributed by atoms with Crippen LogP contribution in [0.4, 0.5) is 5.69 Å². The molecule has 2 aliphatic heterocycles. The van der Waals surface area contributed by atoms with Crippen LogP contribution in [-0.2, 0) is 15.0 Å². The van der Waals surface area contributed by atoms with Crippen molar-refractivity contribution in [2.45, 2.75) is 46.0 Å². The monoisotopic (exact) mass is 432 g/mol. The van der Waals surface area contributed by atoms with Gasteiger partial charge in [-0.1, -0.05) is 52.0 Å². The van der Waals surface area contributed by atoms with E-state index < -0.39 is 0 Å². The third kappa shape index (κ3) is 4.04. The van der Waals surface area contributed by atoms with Gasteiger partial charge in [0.25, 0.3) is 11.8 Å². The number of rotatable bonds is 4. The molecule has 2 aromatic carbocycles. The molecule has 2 aromatic rings. The van der Waals surface area contributed by atoms with Crippen molar-refractivity contribution in [2.75, 3.05) is 25.1 Å². The number of ether oxygens (including phenoxy) is 1. The zero-order valence-electron chi connectivity index (χ0n) is 19.6. The molecule has 0 aromatic heterocycles. The number of piperidine rings is 1. The third-order valence-electron chi connectivity index (χ3n) is 6.40. The van der Waals surface area contributed by atoms with Gasteiger partial charge in [-0.15, -0.1) is 0 Å². The van der Waals surface area contributed by atoms with E-state index in [4.69, 9.17) is 4.74 Å². The van der Waals surface area contributed by atoms with Gasteiger partial charge in [0.15, 0.2) is 0 Å². The molecular weight excluding hydrogens is 400 g/mol. The molecule has 2 heterocycles. The van der Waals surface area contributed by atoms with Crippen LogP contribution in [0.1, 0.15) is 51.7 Å². The highest BCUT2D eigenvalue weighted by atomic mass is 16.5. The summed E-state index contributed by atoms with van der Waals surface area (Å²) in [5, 5.41) is 0. The number of amides is 2. The number of likely N-dealkylation sites (tertiary alicyclic amines) is 1. The van der Waals surface area contributed by atoms with Crippen LogP contribution in [0.15, 0.2) is 54.2 Å². The molecule has 0 N–H and O–H groups in total. The third-order valence-corrected chi connectivity index (χ3v) is 6.40. The Bertz CT molecular complexity index is 1050. The number of anilines is 1. The Morgan fingerprint density at radius 3 is 2.16 bits per heavy atom. The number of methoxy groups -OCH3 is 1. The van der Waals surface area contributed by atoms with Gasteiger partial charge in [0.2, 0.25) is 0 Å². The number of hydrogen-bond donors (Lipinski definition) is 0. The van der Waals surface area contributed by atoms with Crippen molar-refractivity contribution in [3.8, 4) is 5.75 Å². The van der Waals surface area contributed by atoms with E-state index in [1.807, 2.05) is 48.5 Å². The molecule has 0 saturated carbocycles. The molecule has 5 nitrogen and oxygen atoms in total. The minimum absolute atomic E-state index is 0.000831. The average Bonchev–Trinajstić information content (AvgIpc) is 3.03. The van der Waals surface area contributed by atoms with Crippen molar-refractivity contribution in [2.24, 2.45) is 5.92 Å². The number of benzene rings is 2. The minimum Gasteiger partial charge on any atom is -0.497 e. The van der Waals surface area contributed by atoms with E-state index in [1.165, 1.54) is 4.90 Å². The average molecular weight is 433 g/mol. The number of carbonyl (C=O) groups is 2. The van der Waals surface area contributed by atoms with Crippen LogP contribution in [0.2, 0.25) is 0 Å². The summed E-state index contributed by atoms with van der Waals surface area (Å²) in [4.78, 5) is 30.8. The van der Waals surface area contributed by atoms with Gasteiger partial charge >= 0.3 is 0 Å². The molecule has 1 saturated heterocycles. The van der Waals surface area contributed by atoms with Crippen molar-refractivity contribution < 1.29 is 14.3 Å². The fourth-order valence-electron chi connectivity index (χ4n) is 4.57. The molecule has 32 heavy (non-hydrogen) atoms. The highest BCUT2D eigenvalue weighted by molar-refractivity contribution is 6.45. The molecule has 4 rings (SSSR count). The van der Waals surface area contributed by atoms with Gasteiger partial charge in [0, 0.05) is 13.1 Å². The van der Waals surface area contributed by atoms with Gasteiger partial charge in [-0.3, -0.25) is 9.59 Å². The Labute approximate surface area is 190 Å². The van der Waals surface area contributed by atoms with E-state index in [0.717, 1.165) is 37.1 Å². The minimum atomic E-state index is -0.267. The predicted octanol–water partition coefficient (Wildman–Crippen LogP) is 5.01. The summed E-state index contributed by atoms with van der Waals surface area (Å²) in [7, 11) is 1.61. The largest absolute Gasteiger partial charge is 0.497 e. The fraction of sp³-hybridized carbons (Fsp3) is 0.407. The molecule has 0 aliphatic carbocycles. The quantitative estimate of drug-likeness (QED) is 0.638. The first-order valence-corrected chi connectivity index (χ1v) is 11.3. The van der Waals surface area contributed by atoms with E-state index in [-0.39, 0.29) is 17.2 Å². The lowest BCUT2D eigenvalue weighted by Gasteiger charge is -2.33. The molecule has 1 unspecified atom stereocenters. The van der Waals surface area contributed by atoms with Gasteiger partial charge in [0.1, 0.15) is 11.4 Å². The highest BCUT2D eigenvalue weighted by Crippen LogP contribution is 2.37. The van der Waals surface area contributed by atoms with E-state index in [0.29, 0.717) is 28.6 Å². The van der Waals surface area contributed by atoms with E-state index in [2.05, 4.69) is 32.6 Å². The fourth-order valence-corrected chi connectivity index (χ4v) is 4.57. The van der Waals surface area contributed by atoms with Crippen LogP contribution >= 0.6 is 0 Å². The molecular formula is C27H32N2O3. The van der Waals surface area contributed by atoms with Crippen LogP contribution < -0.4 is 9.64 Å². The molecule has 0 spiro atoms. The summed E-state index contributed by atoms with van der Waals surface area (Å²) in [6, 6.07) is 15.1. The molecule has 0 bridgehead atoms. The van der Waals surface area contributed by atoms with Gasteiger partial charge in [0.05, 0.1) is 18.4 Å². The van der Waals surface area contributed by atoms with E-state index >= 15 is 0 Å². The topological polar surface area (TPSA) is 49.9 Å². The Morgan fingerprint density at radius 1 is 0.938 bits per heavy atom. The first kappa shape index (κ1) is 22.1. The second-order valence-electron chi connectivity index (χ2n) is 9.89. The summed E-state index contributed by atoms with van der Waals surface area (Å²) < 4.78 is 5.28. The zero-order chi connectivity index (χ0) is 23.0. The van der Waals surface area contributed by atoms with Crippen molar-refractivity contribution in [1.29, 1.82) is 0 Å². The first-order chi connectivity index (χ1) is 15.2. The standard InChI is InChI=1S/C27H32N2O3/c1-18-7-6-16-28(17-18)24-23(19-8-14-22(32-5)15-9-19)25(30)29(26(24)31)21-12-10-20(11-13-21)27(2,3)4/h8-15,18H,6-7,16-17H2,1-5H3. The normalized spacial score (nSPS) is 19.7. The van der Waals surface area contributed by atoms with Gasteiger partial charge in [-0.05, 0) is 59.6 Å². The van der Waals surface area contributed by atoms with Crippen molar-refractivity contribution >= 4 is 23.1 Å². The Kier molecular flexibility index (Phi) is 5.85. The molecule has 5 heteroatoms. The molecule has 1 fully saturated rings. The Morgan fingerprint density at radius 2 is 1.59 bits per heavy atom. The maximum atomic E-state index is 13.7. The number of nitrogens with zero attached hydrogens (tertiary/aromatic N) is 2. The van der Waals surface area contributed by atoms with Crippen LogP contribution in [0, 0.1) is 5.92 Å². The lowest BCUT2D eigenvalue weighted by atomic mass is 9.87. The maximum Gasteiger partial charge on any atom is 0.282 e. The van der Waals surface area contributed by atoms with Crippen molar-refractivity contribution in [3.63, 3.8) is 0 Å². The molecule has 168 valence electrons. The second-order valence-corrected chi connectivity index (χ2v) is 9.89. The van der Waals surface area contributed by atoms with Gasteiger partial charge in [-0.2, -0.15) is 0 Å². The van der Waals surface area contributed by atoms with Crippen LogP contribution in [0.25, 0.3) is 5.57 Å². The summed E-state index contributed by atoms with van der Waals surface area (Å²) in [5.41, 5.74) is 3.51. The lowest BCUT2D eigenvalue weighted by Crippen LogP contribution is -2.39. The van der Waals surface area contributed by atoms with E-state index in [9.17, 15) is 9.59 Å². The predicted molar refractivity (Wildman–Crippen MR) is 128 cm³/mol. The summed E-state index contributed by atoms with van der Waals surface area (Å²) in [6.45, 7) is 10.2. The van der Waals surface area contributed by atoms with Crippen LogP contribution in [0.3, 0.4) is 0 Å². The summed E-state index contributed by atoms with van der Waals surface area (Å²) >= 11 is 0. The summed E-state index contributed by atoms with van der Waals surface area (Å²) in [6.07, 6.45) is 2.16. The number of carbonyl (C=O) groups excluding carboxylic acids is 2. The Balaban J connectivity index is 1.77. The highest BCUT2D eigenvalue weighted by Gasteiger charge is 2.43. The van der Waals surface area contributed by atoms with Gasteiger partial charge in [-0.25, -0.2) is 4.90 Å². The lowest BCUT2D eigenvalue weighted by molar-refractivity contribution is -0.120. The SMILES string of the molecule is COc1ccc(C2=C(N3CCCC(C)C3)C(=O)N(c3ccc(C(C)(C)C)cc3)C2=O)cc1.